The number of amides is 2. The zero-order chi connectivity index (χ0) is 35.3. The van der Waals surface area contributed by atoms with Crippen molar-refractivity contribution in [3.63, 3.8) is 0 Å². The minimum Gasteiger partial charge on any atom is -0.497 e. The van der Waals surface area contributed by atoms with Gasteiger partial charge in [0.15, 0.2) is 11.0 Å². The van der Waals surface area contributed by atoms with Crippen molar-refractivity contribution in [2.75, 3.05) is 24.3 Å². The second-order valence-corrected chi connectivity index (χ2v) is 14.1. The molecule has 49 heavy (non-hydrogen) atoms. The zero-order valence-corrected chi connectivity index (χ0v) is 29.2. The summed E-state index contributed by atoms with van der Waals surface area (Å²) in [5.74, 6) is 2.10. The van der Waals surface area contributed by atoms with Crippen molar-refractivity contribution < 1.29 is 27.4 Å². The summed E-state index contributed by atoms with van der Waals surface area (Å²) < 4.78 is 48.4. The number of ether oxygens (including phenoxy) is 2. The first-order valence-electron chi connectivity index (χ1n) is 16.0. The van der Waals surface area contributed by atoms with Crippen molar-refractivity contribution in [1.29, 1.82) is 0 Å². The van der Waals surface area contributed by atoms with Gasteiger partial charge in [-0.15, -0.1) is 18.3 Å². The average molecular weight is 695 g/mol. The fourth-order valence-corrected chi connectivity index (χ4v) is 6.84. The number of anilines is 1. The van der Waals surface area contributed by atoms with E-state index in [-0.39, 0.29) is 29.2 Å². The Morgan fingerprint density at radius 1 is 1.06 bits per heavy atom. The number of benzene rings is 3. The molecule has 5 rings (SSSR count). The van der Waals surface area contributed by atoms with Gasteiger partial charge < -0.3 is 19.7 Å². The van der Waals surface area contributed by atoms with Gasteiger partial charge in [0.05, 0.1) is 18.5 Å². The third kappa shape index (κ3) is 9.34. The molecule has 1 aromatic heterocycles. The molecule has 0 saturated carbocycles. The molecule has 2 amide bonds. The molecule has 0 radical (unpaired) electrons. The minimum absolute atomic E-state index is 0.175. The third-order valence-corrected chi connectivity index (χ3v) is 9.16. The van der Waals surface area contributed by atoms with Gasteiger partial charge in [0, 0.05) is 30.0 Å². The van der Waals surface area contributed by atoms with Gasteiger partial charge in [-0.2, -0.15) is 4.99 Å². The van der Waals surface area contributed by atoms with Gasteiger partial charge in [-0.3, -0.25) is 0 Å². The molecular weight excluding hydrogens is 653 g/mol. The highest BCUT2D eigenvalue weighted by atomic mass is 32.2. The van der Waals surface area contributed by atoms with Crippen LogP contribution in [0.1, 0.15) is 58.1 Å². The van der Waals surface area contributed by atoms with Gasteiger partial charge in [-0.1, -0.05) is 69.8 Å². The van der Waals surface area contributed by atoms with Crippen LogP contribution in [-0.4, -0.2) is 57.8 Å². The molecule has 13 heteroatoms. The van der Waals surface area contributed by atoms with E-state index in [4.69, 9.17) is 4.74 Å². The summed E-state index contributed by atoms with van der Waals surface area (Å²) in [5, 5.41) is 8.19. The topological polar surface area (TPSA) is 93.9 Å². The number of carbonyl (C=O) groups excluding carboxylic acids is 1. The summed E-state index contributed by atoms with van der Waals surface area (Å²) >= 11 is 1.59. The van der Waals surface area contributed by atoms with E-state index in [1.54, 1.807) is 18.9 Å². The molecule has 0 bridgehead atoms. The second kappa shape index (κ2) is 14.9. The van der Waals surface area contributed by atoms with Gasteiger partial charge in [-0.05, 0) is 72.6 Å². The number of rotatable bonds is 10. The lowest BCUT2D eigenvalue weighted by atomic mass is 9.85. The predicted molar refractivity (Wildman–Crippen MR) is 188 cm³/mol. The van der Waals surface area contributed by atoms with Gasteiger partial charge in [0.1, 0.15) is 17.8 Å². The maximum absolute atomic E-state index is 13.2. The van der Waals surface area contributed by atoms with Crippen LogP contribution in [0.25, 0.3) is 17.1 Å². The molecule has 1 unspecified atom stereocenters. The molecule has 1 fully saturated rings. The van der Waals surface area contributed by atoms with Crippen molar-refractivity contribution in [1.82, 2.24) is 20.1 Å². The first-order valence-corrected chi connectivity index (χ1v) is 17.0. The van der Waals surface area contributed by atoms with E-state index in [0.29, 0.717) is 29.6 Å². The predicted octanol–water partition coefficient (Wildman–Crippen LogP) is 8.63. The molecule has 2 heterocycles. The summed E-state index contributed by atoms with van der Waals surface area (Å²) in [5.41, 5.74) is 4.35. The van der Waals surface area contributed by atoms with Crippen LogP contribution >= 0.6 is 11.8 Å². The van der Waals surface area contributed by atoms with Crippen LogP contribution < -0.4 is 19.7 Å². The number of hydrogen-bond donors (Lipinski definition) is 1. The van der Waals surface area contributed by atoms with Crippen molar-refractivity contribution in [2.24, 2.45) is 10.4 Å². The molecule has 1 saturated heterocycles. The van der Waals surface area contributed by atoms with Gasteiger partial charge in [-0.25, -0.2) is 14.5 Å². The highest BCUT2D eigenvalue weighted by Gasteiger charge is 2.31. The molecule has 0 aliphatic carbocycles. The van der Waals surface area contributed by atoms with Crippen LogP contribution in [0.15, 0.2) is 78.0 Å². The SMILES string of the molecule is COc1ccc(C(C)C)c(N2/C(=N/C(=O)NCC(C)(C)Cc3ccc(-c4ncn(-c5ccc(OC(F)(F)F)cc5)n4)cc3)SCCC2C)c1. The maximum Gasteiger partial charge on any atom is 0.573 e. The number of carbonyl (C=O) groups is 1. The van der Waals surface area contributed by atoms with Gasteiger partial charge in [0.25, 0.3) is 0 Å². The Morgan fingerprint density at radius 2 is 1.76 bits per heavy atom. The molecule has 1 aliphatic rings. The number of halogens is 3. The fraction of sp³-hybridized carbons (Fsp3) is 0.389. The zero-order valence-electron chi connectivity index (χ0n) is 28.4. The molecule has 1 aliphatic heterocycles. The number of nitrogens with one attached hydrogen (secondary N) is 1. The Labute approximate surface area is 288 Å². The van der Waals surface area contributed by atoms with E-state index < -0.39 is 6.36 Å². The lowest BCUT2D eigenvalue weighted by Crippen LogP contribution is -2.43. The Bertz CT molecular complexity index is 1770. The number of aromatic nitrogens is 3. The third-order valence-electron chi connectivity index (χ3n) is 8.17. The first-order chi connectivity index (χ1) is 23.2. The van der Waals surface area contributed by atoms with Crippen molar-refractivity contribution >= 4 is 28.6 Å². The smallest absolute Gasteiger partial charge is 0.497 e. The van der Waals surface area contributed by atoms with E-state index >= 15 is 0 Å². The largest absolute Gasteiger partial charge is 0.573 e. The van der Waals surface area contributed by atoms with E-state index in [2.05, 4.69) is 70.7 Å². The summed E-state index contributed by atoms with van der Waals surface area (Å²) in [7, 11) is 1.65. The Morgan fingerprint density at radius 3 is 2.41 bits per heavy atom. The first kappa shape index (κ1) is 35.8. The Hall–Kier alpha value is -4.52. The number of amidine groups is 1. The summed E-state index contributed by atoms with van der Waals surface area (Å²) in [4.78, 5) is 24.3. The van der Waals surface area contributed by atoms with E-state index in [1.165, 1.54) is 40.8 Å². The van der Waals surface area contributed by atoms with Crippen molar-refractivity contribution in [2.45, 2.75) is 65.8 Å². The average Bonchev–Trinajstić information content (AvgIpc) is 3.54. The summed E-state index contributed by atoms with van der Waals surface area (Å²) in [6.45, 7) is 11.1. The Kier molecular flexibility index (Phi) is 10.9. The molecular formula is C36H41F3N6O3S. The summed E-state index contributed by atoms with van der Waals surface area (Å²) in [6.07, 6.45) is -1.57. The monoisotopic (exact) mass is 694 g/mol. The number of hydrogen-bond acceptors (Lipinski definition) is 6. The van der Waals surface area contributed by atoms with Crippen LogP contribution in [-0.2, 0) is 6.42 Å². The fourth-order valence-electron chi connectivity index (χ4n) is 5.63. The second-order valence-electron chi connectivity index (χ2n) is 13.1. The van der Waals surface area contributed by atoms with Crippen LogP contribution in [0.5, 0.6) is 11.5 Å². The Balaban J connectivity index is 1.21. The highest BCUT2D eigenvalue weighted by Crippen LogP contribution is 2.37. The van der Waals surface area contributed by atoms with Gasteiger partial charge >= 0.3 is 12.4 Å². The number of thioether (sulfide) groups is 1. The lowest BCUT2D eigenvalue weighted by Gasteiger charge is -2.37. The van der Waals surface area contributed by atoms with E-state index in [1.807, 2.05) is 36.4 Å². The molecule has 260 valence electrons. The number of methoxy groups -OCH3 is 1. The molecule has 1 N–H and O–H groups in total. The molecule has 1 atom stereocenters. The number of urea groups is 1. The van der Waals surface area contributed by atoms with Crippen LogP contribution in [0, 0.1) is 5.41 Å². The molecule has 0 spiro atoms. The van der Waals surface area contributed by atoms with E-state index in [9.17, 15) is 18.0 Å². The number of aliphatic imine (C=N–C) groups is 1. The standard InChI is InChI=1S/C36H41F3N6O3S/c1-23(2)30-16-15-29(47-6)19-31(30)45-24(3)17-18-49-34(45)42-33(46)40-21-35(4,5)20-25-7-9-26(10-8-25)32-41-22-44(43-32)27-11-13-28(14-12-27)48-36(37,38)39/h7-16,19,22-24H,17-18,20-21H2,1-6H3,(H,40,46)/b42-34-. The van der Waals surface area contributed by atoms with Crippen molar-refractivity contribution in [3.8, 4) is 28.6 Å². The van der Waals surface area contributed by atoms with E-state index in [0.717, 1.165) is 34.7 Å². The molecule has 3 aromatic carbocycles. The molecule has 9 nitrogen and oxygen atoms in total. The lowest BCUT2D eigenvalue weighted by molar-refractivity contribution is -0.274. The van der Waals surface area contributed by atoms with Crippen LogP contribution in [0.2, 0.25) is 0 Å². The van der Waals surface area contributed by atoms with Crippen molar-refractivity contribution in [3.05, 3.63) is 84.2 Å². The van der Waals surface area contributed by atoms with Crippen LogP contribution in [0.4, 0.5) is 23.7 Å². The summed E-state index contributed by atoms with van der Waals surface area (Å²) in [6, 6.07) is 19.1. The minimum atomic E-state index is -4.75. The normalized spacial score (nSPS) is 16.2. The van der Waals surface area contributed by atoms with Crippen LogP contribution in [0.3, 0.4) is 0 Å². The van der Waals surface area contributed by atoms with Gasteiger partial charge in [0.2, 0.25) is 0 Å². The maximum atomic E-state index is 13.2. The quantitative estimate of drug-likeness (QED) is 0.178. The number of nitrogens with zero attached hydrogens (tertiary/aromatic N) is 5. The molecule has 4 aromatic rings. The number of alkyl halides is 3. The highest BCUT2D eigenvalue weighted by molar-refractivity contribution is 8.14.